The standard InChI is InChI=1S/C15H23NO4S/c1-7-20-15(17)13(6)16-21(18,19)14-11(4)9(2)8-10(3)12(14)5/h8,13,16H,7H2,1-6H3. The van der Waals surface area contributed by atoms with Gasteiger partial charge in [0.2, 0.25) is 10.0 Å². The minimum atomic E-state index is -3.78. The van der Waals surface area contributed by atoms with Crippen LogP contribution < -0.4 is 4.72 Å². The first kappa shape index (κ1) is 17.7. The van der Waals surface area contributed by atoms with Gasteiger partial charge >= 0.3 is 5.97 Å². The molecule has 118 valence electrons. The number of hydrogen-bond acceptors (Lipinski definition) is 4. The summed E-state index contributed by atoms with van der Waals surface area (Å²) in [6, 6.07) is 1.04. The largest absolute Gasteiger partial charge is 0.465 e. The second kappa shape index (κ2) is 6.58. The summed E-state index contributed by atoms with van der Waals surface area (Å²) in [4.78, 5) is 11.9. The highest BCUT2D eigenvalue weighted by atomic mass is 32.2. The summed E-state index contributed by atoms with van der Waals surface area (Å²) < 4.78 is 32.4. The molecule has 6 heteroatoms. The van der Waals surface area contributed by atoms with Gasteiger partial charge in [-0.25, -0.2) is 8.42 Å². The molecule has 21 heavy (non-hydrogen) atoms. The Hall–Kier alpha value is -1.40. The molecule has 0 radical (unpaired) electrons. The van der Waals surface area contributed by atoms with Gasteiger partial charge in [-0.3, -0.25) is 4.79 Å². The highest BCUT2D eigenvalue weighted by Gasteiger charge is 2.26. The van der Waals surface area contributed by atoms with Crippen molar-refractivity contribution in [3.63, 3.8) is 0 Å². The maximum Gasteiger partial charge on any atom is 0.323 e. The van der Waals surface area contributed by atoms with Gasteiger partial charge in [-0.15, -0.1) is 0 Å². The van der Waals surface area contributed by atoms with Crippen LogP contribution in [0.15, 0.2) is 11.0 Å². The Balaban J connectivity index is 3.24. The zero-order valence-corrected chi connectivity index (χ0v) is 14.2. The molecule has 1 atom stereocenters. The second-order valence-corrected chi connectivity index (χ2v) is 6.84. The molecule has 0 fully saturated rings. The van der Waals surface area contributed by atoms with Crippen molar-refractivity contribution in [1.82, 2.24) is 4.72 Å². The van der Waals surface area contributed by atoms with Gasteiger partial charge in [-0.2, -0.15) is 4.72 Å². The summed E-state index contributed by atoms with van der Waals surface area (Å²) >= 11 is 0. The molecule has 0 saturated heterocycles. The van der Waals surface area contributed by atoms with E-state index < -0.39 is 22.0 Å². The maximum absolute atomic E-state index is 12.6. The summed E-state index contributed by atoms with van der Waals surface area (Å²) in [7, 11) is -3.78. The van der Waals surface area contributed by atoms with Gasteiger partial charge in [-0.05, 0) is 63.8 Å². The molecule has 1 aromatic rings. The van der Waals surface area contributed by atoms with Crippen LogP contribution in [0.4, 0.5) is 0 Å². The number of ether oxygens (including phenoxy) is 1. The van der Waals surface area contributed by atoms with Crippen molar-refractivity contribution in [1.29, 1.82) is 0 Å². The topological polar surface area (TPSA) is 72.5 Å². The monoisotopic (exact) mass is 313 g/mol. The predicted octanol–water partition coefficient (Wildman–Crippen LogP) is 2.15. The molecule has 1 rings (SSSR count). The van der Waals surface area contributed by atoms with Crippen LogP contribution in [0.5, 0.6) is 0 Å². The number of sulfonamides is 1. The van der Waals surface area contributed by atoms with E-state index in [1.807, 2.05) is 19.9 Å². The van der Waals surface area contributed by atoms with E-state index in [2.05, 4.69) is 4.72 Å². The van der Waals surface area contributed by atoms with E-state index in [9.17, 15) is 13.2 Å². The average molecular weight is 313 g/mol. The molecule has 5 nitrogen and oxygen atoms in total. The van der Waals surface area contributed by atoms with Crippen molar-refractivity contribution in [3.05, 3.63) is 28.3 Å². The molecule has 0 saturated carbocycles. The number of carbonyl (C=O) groups excluding carboxylic acids is 1. The van der Waals surface area contributed by atoms with Crippen molar-refractivity contribution in [2.24, 2.45) is 0 Å². The summed E-state index contributed by atoms with van der Waals surface area (Å²) in [6.45, 7) is 10.6. The minimum Gasteiger partial charge on any atom is -0.465 e. The lowest BCUT2D eigenvalue weighted by Gasteiger charge is -2.18. The third-order valence-corrected chi connectivity index (χ3v) is 5.35. The molecular formula is C15H23NO4S. The molecule has 0 spiro atoms. The minimum absolute atomic E-state index is 0.215. The molecular weight excluding hydrogens is 290 g/mol. The quantitative estimate of drug-likeness (QED) is 0.845. The van der Waals surface area contributed by atoms with Crippen molar-refractivity contribution in [2.45, 2.75) is 52.5 Å². The molecule has 1 N–H and O–H groups in total. The molecule has 0 heterocycles. The smallest absolute Gasteiger partial charge is 0.323 e. The van der Waals surface area contributed by atoms with Crippen LogP contribution in [-0.2, 0) is 19.6 Å². The van der Waals surface area contributed by atoms with Crippen LogP contribution in [0.1, 0.15) is 36.1 Å². The van der Waals surface area contributed by atoms with Crippen molar-refractivity contribution < 1.29 is 17.9 Å². The number of rotatable bonds is 5. The third kappa shape index (κ3) is 3.83. The summed E-state index contributed by atoms with van der Waals surface area (Å²) in [5.74, 6) is -0.583. The molecule has 1 unspecified atom stereocenters. The van der Waals surface area contributed by atoms with Crippen LogP contribution in [0.2, 0.25) is 0 Å². The summed E-state index contributed by atoms with van der Waals surface area (Å²) in [6.07, 6.45) is 0. The van der Waals surface area contributed by atoms with Gasteiger partial charge in [0, 0.05) is 0 Å². The van der Waals surface area contributed by atoms with Crippen LogP contribution in [0.25, 0.3) is 0 Å². The average Bonchev–Trinajstić information content (AvgIpc) is 2.36. The molecule has 1 aromatic carbocycles. The SMILES string of the molecule is CCOC(=O)C(C)NS(=O)(=O)c1c(C)c(C)cc(C)c1C. The Morgan fingerprint density at radius 1 is 1.19 bits per heavy atom. The fourth-order valence-corrected chi connectivity index (χ4v) is 4.00. The molecule has 0 bridgehead atoms. The number of esters is 1. The van der Waals surface area contributed by atoms with Gasteiger partial charge in [0.25, 0.3) is 0 Å². The maximum atomic E-state index is 12.6. The number of benzene rings is 1. The summed E-state index contributed by atoms with van der Waals surface area (Å²) in [5, 5.41) is 0. The van der Waals surface area contributed by atoms with E-state index in [4.69, 9.17) is 4.74 Å². The highest BCUT2D eigenvalue weighted by molar-refractivity contribution is 7.89. The Morgan fingerprint density at radius 2 is 1.67 bits per heavy atom. The van der Waals surface area contributed by atoms with Gasteiger partial charge < -0.3 is 4.74 Å². The zero-order chi connectivity index (χ0) is 16.4. The van der Waals surface area contributed by atoms with E-state index in [-0.39, 0.29) is 11.5 Å². The molecule has 0 aliphatic heterocycles. The Kier molecular flexibility index (Phi) is 5.53. The zero-order valence-electron chi connectivity index (χ0n) is 13.4. The van der Waals surface area contributed by atoms with E-state index in [1.54, 1.807) is 20.8 Å². The Labute approximate surface area is 126 Å². The van der Waals surface area contributed by atoms with Crippen LogP contribution >= 0.6 is 0 Å². The van der Waals surface area contributed by atoms with Crippen molar-refractivity contribution in [2.75, 3.05) is 6.61 Å². The first-order chi connectivity index (χ1) is 9.61. The molecule has 0 aliphatic carbocycles. The van der Waals surface area contributed by atoms with Crippen LogP contribution in [0, 0.1) is 27.7 Å². The van der Waals surface area contributed by atoms with Crippen LogP contribution in [0.3, 0.4) is 0 Å². The number of aryl methyl sites for hydroxylation is 2. The fourth-order valence-electron chi connectivity index (χ4n) is 2.19. The first-order valence-electron chi connectivity index (χ1n) is 6.88. The molecule has 0 aliphatic rings. The lowest BCUT2D eigenvalue weighted by atomic mass is 10.0. The normalized spacial score (nSPS) is 13.0. The Morgan fingerprint density at radius 3 is 2.10 bits per heavy atom. The van der Waals surface area contributed by atoms with E-state index >= 15 is 0 Å². The predicted molar refractivity (Wildman–Crippen MR) is 81.8 cm³/mol. The Bertz CT molecular complexity index is 624. The number of nitrogens with one attached hydrogen (secondary N) is 1. The van der Waals surface area contributed by atoms with Gasteiger partial charge in [-0.1, -0.05) is 6.07 Å². The van der Waals surface area contributed by atoms with Gasteiger partial charge in [0.1, 0.15) is 6.04 Å². The molecule has 0 aromatic heterocycles. The van der Waals surface area contributed by atoms with Crippen molar-refractivity contribution >= 4 is 16.0 Å². The van der Waals surface area contributed by atoms with Gasteiger partial charge in [0.15, 0.2) is 0 Å². The summed E-state index contributed by atoms with van der Waals surface area (Å²) in [5.41, 5.74) is 3.20. The van der Waals surface area contributed by atoms with E-state index in [0.717, 1.165) is 11.1 Å². The fraction of sp³-hybridized carbons (Fsp3) is 0.533. The number of hydrogen-bond donors (Lipinski definition) is 1. The lowest BCUT2D eigenvalue weighted by molar-refractivity contribution is -0.144. The molecule has 0 amide bonds. The van der Waals surface area contributed by atoms with E-state index in [0.29, 0.717) is 11.1 Å². The lowest BCUT2D eigenvalue weighted by Crippen LogP contribution is -2.40. The van der Waals surface area contributed by atoms with Crippen molar-refractivity contribution in [3.8, 4) is 0 Å². The van der Waals surface area contributed by atoms with Crippen LogP contribution in [-0.4, -0.2) is 27.0 Å². The third-order valence-electron chi connectivity index (χ3n) is 3.54. The second-order valence-electron chi connectivity index (χ2n) is 5.18. The first-order valence-corrected chi connectivity index (χ1v) is 8.36. The van der Waals surface area contributed by atoms with Gasteiger partial charge in [0.05, 0.1) is 11.5 Å². The number of carbonyl (C=O) groups is 1. The highest BCUT2D eigenvalue weighted by Crippen LogP contribution is 2.26. The van der Waals surface area contributed by atoms with E-state index in [1.165, 1.54) is 6.92 Å².